The van der Waals surface area contributed by atoms with Gasteiger partial charge in [0, 0.05) is 25.7 Å². The third-order valence-electron chi connectivity index (χ3n) is 16.7. The molecule has 0 bridgehead atoms. The smallest absolute Gasteiger partial charge is 0.462 e. The number of phosphoric ester groups is 2. The van der Waals surface area contributed by atoms with Crippen LogP contribution in [0.2, 0.25) is 0 Å². The molecule has 0 aromatic heterocycles. The SMILES string of the molecule is CC/C=C\C/C=C\C/C=C\C/C=C\C/C=C\C/C=C\CCC(=O)OC[C@H](COP(=O)(O)OC[C@@H](O)COP(=O)(O)OC[C@@H](COC(=O)CCCCC/C=C\C/C=C\C/C=C\C/C=C\C/C=C\CC)OC(=O)CCCCC/C=C\C/C=C\C/C=C\C/C=C\C/C=C\CC)OC(=O)CCCCCCCCC/C=C\CCCCCC. The molecule has 17 nitrogen and oxygen atoms in total. The van der Waals surface area contributed by atoms with E-state index in [1.54, 1.807) is 0 Å². The number of allylic oxidation sites excluding steroid dienone is 34. The fraction of sp³-hybridized carbons (Fsp3) is 0.591. The Morgan fingerprint density at radius 1 is 0.259 bits per heavy atom. The Bertz CT molecular complexity index is 2940. The molecular formula is C93H148O17P2. The highest BCUT2D eigenvalue weighted by molar-refractivity contribution is 7.47. The third kappa shape index (κ3) is 81.6. The standard InChI is InChI=1S/C93H148O17P2/c1-5-9-13-17-21-25-29-33-37-40-43-46-50-53-57-61-65-69-73-77-90(95)103-83-88(109-92(97)79-75-71-67-63-59-55-49-36-32-28-24-20-16-12-8-4)85-107-111(99,100)105-81-87(94)82-106-112(101,102)108-86-89(110-93(98)80-76-72-68-64-60-56-52-48-45-42-39-35-31-27-23-19-15-11-7-3)84-104-91(96)78-74-70-66-62-58-54-51-47-44-41-38-34-30-26-22-18-14-10-6-2/h9-11,13-15,21-23,25-28,32-35,37-39,43-48,53-54,56-58,60,65,69,87-89,94H,5-8,12,16-20,24,29-31,36,40-42,49-52,55,59,61-64,66-68,70-86H2,1-4H3,(H,99,100)(H,101,102)/b13-9-,14-10-,15-11-,25-21-,26-22-,27-23-,32-28-,37-33-,38-34-,39-35-,46-43-,47-44-,48-45-,57-53-,58-54-,60-56-,69-65-/t87-,88-,89-/m1/s1. The molecule has 0 aromatic carbocycles. The monoisotopic (exact) mass is 1600 g/mol. The predicted molar refractivity (Wildman–Crippen MR) is 463 cm³/mol. The molecule has 0 amide bonds. The molecule has 0 aliphatic heterocycles. The number of unbranched alkanes of at least 4 members (excludes halogenated alkanes) is 17. The van der Waals surface area contributed by atoms with Crippen LogP contribution in [0.25, 0.3) is 0 Å². The molecule has 0 heterocycles. The number of aliphatic hydroxyl groups excluding tert-OH is 1. The van der Waals surface area contributed by atoms with Gasteiger partial charge in [0.25, 0.3) is 0 Å². The number of rotatable bonds is 77. The number of aliphatic hydroxyl groups is 1. The Hall–Kier alpha value is -6.36. The number of ether oxygens (including phenoxy) is 4. The van der Waals surface area contributed by atoms with Crippen molar-refractivity contribution in [2.75, 3.05) is 39.6 Å². The highest BCUT2D eigenvalue weighted by atomic mass is 31.2. The van der Waals surface area contributed by atoms with Crippen molar-refractivity contribution >= 4 is 39.5 Å². The quantitative estimate of drug-likeness (QED) is 0.0169. The van der Waals surface area contributed by atoms with Crippen LogP contribution in [0, 0.1) is 0 Å². The lowest BCUT2D eigenvalue weighted by Gasteiger charge is -2.21. The van der Waals surface area contributed by atoms with Crippen LogP contribution >= 0.6 is 15.6 Å². The van der Waals surface area contributed by atoms with E-state index < -0.39 is 97.5 Å². The summed E-state index contributed by atoms with van der Waals surface area (Å²) in [5.41, 5.74) is 0. The second-order valence-electron chi connectivity index (χ2n) is 27.3. The van der Waals surface area contributed by atoms with Crippen molar-refractivity contribution in [2.45, 2.75) is 316 Å². The van der Waals surface area contributed by atoms with E-state index in [1.165, 1.54) is 25.7 Å². The molecular weight excluding hydrogens is 1450 g/mol. The lowest BCUT2D eigenvalue weighted by Crippen LogP contribution is -2.30. The molecule has 5 atom stereocenters. The summed E-state index contributed by atoms with van der Waals surface area (Å²) in [6.45, 7) is 4.34. The van der Waals surface area contributed by atoms with Crippen molar-refractivity contribution in [3.8, 4) is 0 Å². The Morgan fingerprint density at radius 2 is 0.482 bits per heavy atom. The first-order chi connectivity index (χ1) is 54.7. The molecule has 3 N–H and O–H groups in total. The number of carbonyl (C=O) groups is 4. The summed E-state index contributed by atoms with van der Waals surface area (Å²) in [6, 6.07) is 0. The second kappa shape index (κ2) is 82.6. The van der Waals surface area contributed by atoms with E-state index in [0.29, 0.717) is 32.1 Å². The maximum atomic E-state index is 13.1. The van der Waals surface area contributed by atoms with Crippen LogP contribution in [0.4, 0.5) is 0 Å². The average Bonchev–Trinajstić information content (AvgIpc) is 0.898. The second-order valence-corrected chi connectivity index (χ2v) is 30.2. The first-order valence-electron chi connectivity index (χ1n) is 42.3. The van der Waals surface area contributed by atoms with Gasteiger partial charge in [0.2, 0.25) is 0 Å². The number of carbonyl (C=O) groups excluding carboxylic acids is 4. The van der Waals surface area contributed by atoms with Crippen LogP contribution in [0.15, 0.2) is 207 Å². The molecule has 632 valence electrons. The van der Waals surface area contributed by atoms with Gasteiger partial charge in [-0.2, -0.15) is 0 Å². The van der Waals surface area contributed by atoms with Crippen LogP contribution in [-0.4, -0.2) is 96.7 Å². The minimum Gasteiger partial charge on any atom is -0.462 e. The Balaban J connectivity index is 5.54. The molecule has 19 heteroatoms. The summed E-state index contributed by atoms with van der Waals surface area (Å²) < 4.78 is 68.7. The molecule has 0 rings (SSSR count). The Morgan fingerprint density at radius 3 is 0.786 bits per heavy atom. The minimum absolute atomic E-state index is 0.0271. The molecule has 0 spiro atoms. The van der Waals surface area contributed by atoms with Crippen LogP contribution in [-0.2, 0) is 65.4 Å². The highest BCUT2D eigenvalue weighted by Crippen LogP contribution is 2.45. The fourth-order valence-corrected chi connectivity index (χ4v) is 12.0. The summed E-state index contributed by atoms with van der Waals surface area (Å²) in [7, 11) is -10.0. The largest absolute Gasteiger partial charge is 0.472 e. The predicted octanol–water partition coefficient (Wildman–Crippen LogP) is 25.4. The van der Waals surface area contributed by atoms with E-state index in [0.717, 1.165) is 186 Å². The van der Waals surface area contributed by atoms with E-state index >= 15 is 0 Å². The summed E-state index contributed by atoms with van der Waals surface area (Å²) in [5.74, 6) is -2.37. The van der Waals surface area contributed by atoms with Crippen LogP contribution in [0.1, 0.15) is 297 Å². The van der Waals surface area contributed by atoms with E-state index in [4.69, 9.17) is 37.0 Å². The lowest BCUT2D eigenvalue weighted by molar-refractivity contribution is -0.161. The highest BCUT2D eigenvalue weighted by Gasteiger charge is 2.30. The molecule has 0 aromatic rings. The van der Waals surface area contributed by atoms with Gasteiger partial charge in [-0.15, -0.1) is 0 Å². The summed E-state index contributed by atoms with van der Waals surface area (Å²) in [5, 5.41) is 10.7. The molecule has 2 unspecified atom stereocenters. The van der Waals surface area contributed by atoms with Crippen molar-refractivity contribution in [1.82, 2.24) is 0 Å². The lowest BCUT2D eigenvalue weighted by atomic mass is 10.1. The van der Waals surface area contributed by atoms with Crippen molar-refractivity contribution in [3.63, 3.8) is 0 Å². The van der Waals surface area contributed by atoms with Crippen LogP contribution < -0.4 is 0 Å². The third-order valence-corrected chi connectivity index (χ3v) is 18.6. The van der Waals surface area contributed by atoms with Gasteiger partial charge in [0.05, 0.1) is 26.4 Å². The van der Waals surface area contributed by atoms with Crippen molar-refractivity contribution in [3.05, 3.63) is 207 Å². The van der Waals surface area contributed by atoms with Crippen LogP contribution in [0.3, 0.4) is 0 Å². The molecule has 0 fully saturated rings. The number of hydrogen-bond donors (Lipinski definition) is 3. The molecule has 112 heavy (non-hydrogen) atoms. The number of esters is 4. The van der Waals surface area contributed by atoms with Gasteiger partial charge in [0.15, 0.2) is 12.2 Å². The Labute approximate surface area is 678 Å². The summed E-state index contributed by atoms with van der Waals surface area (Å²) in [4.78, 5) is 73.2. The summed E-state index contributed by atoms with van der Waals surface area (Å²) >= 11 is 0. The van der Waals surface area contributed by atoms with E-state index in [-0.39, 0.29) is 25.7 Å². The zero-order valence-electron chi connectivity index (χ0n) is 69.3. The first-order valence-corrected chi connectivity index (χ1v) is 45.3. The van der Waals surface area contributed by atoms with Gasteiger partial charge < -0.3 is 33.8 Å². The van der Waals surface area contributed by atoms with E-state index in [1.807, 2.05) is 18.2 Å². The zero-order chi connectivity index (χ0) is 81.7. The maximum Gasteiger partial charge on any atom is 0.472 e. The van der Waals surface area contributed by atoms with Crippen molar-refractivity contribution < 1.29 is 80.2 Å². The molecule has 0 radical (unpaired) electrons. The first kappa shape index (κ1) is 106. The average molecular weight is 1600 g/mol. The van der Waals surface area contributed by atoms with Gasteiger partial charge >= 0.3 is 39.5 Å². The number of phosphoric acid groups is 2. The van der Waals surface area contributed by atoms with E-state index in [9.17, 15) is 43.2 Å². The van der Waals surface area contributed by atoms with Crippen molar-refractivity contribution in [1.29, 1.82) is 0 Å². The summed E-state index contributed by atoms with van der Waals surface area (Å²) in [6.07, 6.45) is 104. The normalized spacial score (nSPS) is 14.8. The van der Waals surface area contributed by atoms with Crippen LogP contribution in [0.5, 0.6) is 0 Å². The molecule has 0 aliphatic rings. The van der Waals surface area contributed by atoms with Gasteiger partial charge in [-0.1, -0.05) is 298 Å². The molecule has 0 aliphatic carbocycles. The Kier molecular flexibility index (Phi) is 77.9. The zero-order valence-corrected chi connectivity index (χ0v) is 71.0. The minimum atomic E-state index is -5.02. The van der Waals surface area contributed by atoms with Gasteiger partial charge in [-0.05, 0) is 180 Å². The van der Waals surface area contributed by atoms with Gasteiger partial charge in [0.1, 0.15) is 19.3 Å². The van der Waals surface area contributed by atoms with Gasteiger partial charge in [-0.25, -0.2) is 9.13 Å². The van der Waals surface area contributed by atoms with Gasteiger partial charge in [-0.3, -0.25) is 37.3 Å². The number of hydrogen-bond acceptors (Lipinski definition) is 15. The molecule has 0 saturated carbocycles. The maximum absolute atomic E-state index is 13.1. The van der Waals surface area contributed by atoms with E-state index in [2.05, 4.69) is 216 Å². The molecule has 0 saturated heterocycles. The topological polar surface area (TPSA) is 237 Å². The fourth-order valence-electron chi connectivity index (χ4n) is 10.4. The van der Waals surface area contributed by atoms with Crippen molar-refractivity contribution in [2.24, 2.45) is 0 Å².